The van der Waals surface area contributed by atoms with Gasteiger partial charge in [0.2, 0.25) is 0 Å². The van der Waals surface area contributed by atoms with Gasteiger partial charge in [0.05, 0.1) is 20.3 Å². The first kappa shape index (κ1) is 15.3. The molecule has 0 aliphatic carbocycles. The zero-order valence-electron chi connectivity index (χ0n) is 12.7. The van der Waals surface area contributed by atoms with Crippen LogP contribution in [0, 0.1) is 19.7 Å². The van der Waals surface area contributed by atoms with Crippen molar-refractivity contribution in [3.05, 3.63) is 58.4 Å². The van der Waals surface area contributed by atoms with Crippen molar-refractivity contribution in [3.63, 3.8) is 0 Å². The van der Waals surface area contributed by atoms with E-state index in [0.717, 1.165) is 16.7 Å². The monoisotopic (exact) mass is 289 g/mol. The molecule has 0 aliphatic rings. The zero-order chi connectivity index (χ0) is 15.6. The Kier molecular flexibility index (Phi) is 4.48. The van der Waals surface area contributed by atoms with Crippen LogP contribution in [0.3, 0.4) is 0 Å². The van der Waals surface area contributed by atoms with Crippen LogP contribution in [-0.4, -0.2) is 14.2 Å². The van der Waals surface area contributed by atoms with Gasteiger partial charge in [0.15, 0.2) is 11.5 Å². The quantitative estimate of drug-likeness (QED) is 0.936. The van der Waals surface area contributed by atoms with E-state index in [-0.39, 0.29) is 0 Å². The van der Waals surface area contributed by atoms with Gasteiger partial charge in [-0.05, 0) is 36.6 Å². The lowest BCUT2D eigenvalue weighted by Gasteiger charge is -2.20. The summed E-state index contributed by atoms with van der Waals surface area (Å²) in [5.74, 6) is 0.422. The van der Waals surface area contributed by atoms with Crippen LogP contribution in [0.1, 0.15) is 28.3 Å². The van der Waals surface area contributed by atoms with Crippen molar-refractivity contribution in [2.45, 2.75) is 19.9 Å². The summed E-state index contributed by atoms with van der Waals surface area (Å²) in [6, 6.07) is 8.27. The maximum absolute atomic E-state index is 14.3. The Hall–Kier alpha value is -2.07. The van der Waals surface area contributed by atoms with Gasteiger partial charge < -0.3 is 15.2 Å². The average molecular weight is 289 g/mol. The number of rotatable bonds is 4. The average Bonchev–Trinajstić information content (AvgIpc) is 2.46. The minimum Gasteiger partial charge on any atom is -0.493 e. The fourth-order valence-corrected chi connectivity index (χ4v) is 2.58. The molecule has 2 N–H and O–H groups in total. The lowest BCUT2D eigenvalue weighted by molar-refractivity contribution is 0.351. The number of nitrogens with two attached hydrogens (primary N) is 1. The van der Waals surface area contributed by atoms with E-state index in [9.17, 15) is 4.39 Å². The fourth-order valence-electron chi connectivity index (χ4n) is 2.58. The summed E-state index contributed by atoms with van der Waals surface area (Å²) in [6.45, 7) is 3.95. The number of ether oxygens (including phenoxy) is 2. The standard InChI is InChI=1S/C17H20FNO2/c1-10-6-5-7-11(2)16(10)17(19)12-8-14(20-3)15(21-4)9-13(12)18/h5-9,17H,19H2,1-4H3. The number of benzene rings is 2. The molecule has 0 aliphatic heterocycles. The van der Waals surface area contributed by atoms with Crippen molar-refractivity contribution in [1.82, 2.24) is 0 Å². The number of hydrogen-bond acceptors (Lipinski definition) is 3. The Bertz CT molecular complexity index is 635. The van der Waals surface area contributed by atoms with Crippen molar-refractivity contribution in [1.29, 1.82) is 0 Å². The van der Waals surface area contributed by atoms with Gasteiger partial charge in [-0.1, -0.05) is 18.2 Å². The van der Waals surface area contributed by atoms with Gasteiger partial charge >= 0.3 is 0 Å². The van der Waals surface area contributed by atoms with Crippen LogP contribution < -0.4 is 15.2 Å². The summed E-state index contributed by atoms with van der Waals surface area (Å²) in [5.41, 5.74) is 9.70. The van der Waals surface area contributed by atoms with Gasteiger partial charge in [-0.15, -0.1) is 0 Å². The molecule has 0 saturated heterocycles. The molecule has 0 bridgehead atoms. The third-order valence-corrected chi connectivity index (χ3v) is 3.69. The predicted molar refractivity (Wildman–Crippen MR) is 81.5 cm³/mol. The van der Waals surface area contributed by atoms with E-state index in [1.54, 1.807) is 6.07 Å². The largest absolute Gasteiger partial charge is 0.493 e. The summed E-state index contributed by atoms with van der Waals surface area (Å²) < 4.78 is 24.7. The molecule has 0 radical (unpaired) electrons. The Balaban J connectivity index is 2.56. The van der Waals surface area contributed by atoms with Crippen LogP contribution in [0.2, 0.25) is 0 Å². The minimum atomic E-state index is -0.550. The second-order valence-electron chi connectivity index (χ2n) is 5.01. The van der Waals surface area contributed by atoms with Gasteiger partial charge in [0, 0.05) is 11.6 Å². The summed E-state index contributed by atoms with van der Waals surface area (Å²) in [7, 11) is 2.99. The van der Waals surface area contributed by atoms with Crippen LogP contribution in [0.4, 0.5) is 4.39 Å². The minimum absolute atomic E-state index is 0.354. The van der Waals surface area contributed by atoms with E-state index < -0.39 is 11.9 Å². The van der Waals surface area contributed by atoms with Crippen LogP contribution in [0.15, 0.2) is 30.3 Å². The number of aryl methyl sites for hydroxylation is 2. The molecule has 21 heavy (non-hydrogen) atoms. The number of halogens is 1. The molecule has 2 aromatic carbocycles. The molecule has 2 rings (SSSR count). The van der Waals surface area contributed by atoms with Crippen molar-refractivity contribution in [2.75, 3.05) is 14.2 Å². The maximum atomic E-state index is 14.3. The third-order valence-electron chi connectivity index (χ3n) is 3.69. The molecule has 3 nitrogen and oxygen atoms in total. The second kappa shape index (κ2) is 6.14. The molecule has 4 heteroatoms. The van der Waals surface area contributed by atoms with Gasteiger partial charge in [-0.25, -0.2) is 4.39 Å². The molecule has 0 spiro atoms. The SMILES string of the molecule is COc1cc(F)c(C(N)c2c(C)cccc2C)cc1OC. The molecule has 0 amide bonds. The second-order valence-corrected chi connectivity index (χ2v) is 5.01. The first-order valence-electron chi connectivity index (χ1n) is 6.72. The maximum Gasteiger partial charge on any atom is 0.163 e. The van der Waals surface area contributed by atoms with Gasteiger partial charge in [0.25, 0.3) is 0 Å². The highest BCUT2D eigenvalue weighted by atomic mass is 19.1. The first-order valence-corrected chi connectivity index (χ1v) is 6.72. The van der Waals surface area contributed by atoms with Crippen molar-refractivity contribution in [3.8, 4) is 11.5 Å². The summed E-state index contributed by atoms with van der Waals surface area (Å²) >= 11 is 0. The molecule has 0 heterocycles. The summed E-state index contributed by atoms with van der Waals surface area (Å²) in [6.07, 6.45) is 0. The molecule has 0 fully saturated rings. The summed E-state index contributed by atoms with van der Waals surface area (Å²) in [4.78, 5) is 0. The molecule has 1 unspecified atom stereocenters. The zero-order valence-corrected chi connectivity index (χ0v) is 12.7. The highest BCUT2D eigenvalue weighted by Crippen LogP contribution is 2.35. The van der Waals surface area contributed by atoms with E-state index in [4.69, 9.17) is 15.2 Å². The Morgan fingerprint density at radius 2 is 1.52 bits per heavy atom. The van der Waals surface area contributed by atoms with E-state index >= 15 is 0 Å². The van der Waals surface area contributed by atoms with Gasteiger partial charge in [-0.2, -0.15) is 0 Å². The Labute approximate surface area is 124 Å². The molecule has 2 aromatic rings. The van der Waals surface area contributed by atoms with Gasteiger partial charge in [-0.3, -0.25) is 0 Å². The van der Waals surface area contributed by atoms with E-state index in [1.165, 1.54) is 20.3 Å². The fraction of sp³-hybridized carbons (Fsp3) is 0.294. The molecule has 0 aromatic heterocycles. The number of hydrogen-bond donors (Lipinski definition) is 1. The first-order chi connectivity index (χ1) is 9.99. The molecular formula is C17H20FNO2. The molecule has 1 atom stereocenters. The lowest BCUT2D eigenvalue weighted by atomic mass is 9.91. The Morgan fingerprint density at radius 1 is 1.00 bits per heavy atom. The van der Waals surface area contributed by atoms with Crippen molar-refractivity contribution in [2.24, 2.45) is 5.73 Å². The van der Waals surface area contributed by atoms with Crippen molar-refractivity contribution >= 4 is 0 Å². The Morgan fingerprint density at radius 3 is 2.05 bits per heavy atom. The highest BCUT2D eigenvalue weighted by Gasteiger charge is 2.20. The molecule has 0 saturated carbocycles. The molecular weight excluding hydrogens is 269 g/mol. The lowest BCUT2D eigenvalue weighted by Crippen LogP contribution is -2.16. The normalized spacial score (nSPS) is 12.1. The molecule has 112 valence electrons. The van der Waals surface area contributed by atoms with Crippen LogP contribution in [-0.2, 0) is 0 Å². The van der Waals surface area contributed by atoms with Crippen LogP contribution >= 0.6 is 0 Å². The van der Waals surface area contributed by atoms with E-state index in [2.05, 4.69) is 0 Å². The third kappa shape index (κ3) is 2.85. The topological polar surface area (TPSA) is 44.5 Å². The number of methoxy groups -OCH3 is 2. The highest BCUT2D eigenvalue weighted by molar-refractivity contribution is 5.48. The predicted octanol–water partition coefficient (Wildman–Crippen LogP) is 3.51. The van der Waals surface area contributed by atoms with Crippen molar-refractivity contribution < 1.29 is 13.9 Å². The van der Waals surface area contributed by atoms with E-state index in [0.29, 0.717) is 17.1 Å². The smallest absolute Gasteiger partial charge is 0.163 e. The van der Waals surface area contributed by atoms with Crippen LogP contribution in [0.5, 0.6) is 11.5 Å². The van der Waals surface area contributed by atoms with Crippen LogP contribution in [0.25, 0.3) is 0 Å². The van der Waals surface area contributed by atoms with Gasteiger partial charge in [0.1, 0.15) is 5.82 Å². The van der Waals surface area contributed by atoms with E-state index in [1.807, 2.05) is 32.0 Å². The summed E-state index contributed by atoms with van der Waals surface area (Å²) in [5, 5.41) is 0.